The minimum atomic E-state index is -0.764. The van der Waals surface area contributed by atoms with Gasteiger partial charge < -0.3 is 25.7 Å². The molecule has 0 fully saturated rings. The third-order valence-electron chi connectivity index (χ3n) is 3.57. The Hall–Kier alpha value is -2.24. The summed E-state index contributed by atoms with van der Waals surface area (Å²) in [4.78, 5) is 0. The summed E-state index contributed by atoms with van der Waals surface area (Å²) in [7, 11) is 0. The first-order valence-corrected chi connectivity index (χ1v) is 7.26. The van der Waals surface area contributed by atoms with E-state index in [-0.39, 0.29) is 23.3 Å². The van der Waals surface area contributed by atoms with Crippen LogP contribution >= 0.6 is 0 Å². The average molecular weight is 304 g/mol. The molecular weight excluding hydrogens is 282 g/mol. The van der Waals surface area contributed by atoms with Gasteiger partial charge in [-0.2, -0.15) is 0 Å². The molecule has 2 aromatic carbocycles. The summed E-state index contributed by atoms with van der Waals surface area (Å²) >= 11 is 0. The van der Waals surface area contributed by atoms with Crippen molar-refractivity contribution in [1.29, 1.82) is 0 Å². The fraction of sp³-hybridized carbons (Fsp3) is 0.294. The van der Waals surface area contributed by atoms with Crippen molar-refractivity contribution in [3.63, 3.8) is 0 Å². The zero-order valence-electron chi connectivity index (χ0n) is 12.5. The largest absolute Gasteiger partial charge is 0.508 e. The summed E-state index contributed by atoms with van der Waals surface area (Å²) in [6, 6.07) is 11.5. The van der Waals surface area contributed by atoms with Crippen LogP contribution in [0.2, 0.25) is 0 Å². The molecule has 0 aromatic heterocycles. The van der Waals surface area contributed by atoms with Crippen molar-refractivity contribution in [2.24, 2.45) is 0 Å². The number of hydrogen-bond donors (Lipinski definition) is 5. The normalized spacial score (nSPS) is 13.7. The van der Waals surface area contributed by atoms with Crippen LogP contribution in [0.4, 0.5) is 0 Å². The number of aliphatic hydroxyl groups is 1. The second-order valence-electron chi connectivity index (χ2n) is 5.62. The number of aromatic hydroxyl groups is 3. The molecule has 6 N–H and O–H groups in total. The van der Waals surface area contributed by atoms with E-state index in [2.05, 4.69) is 6.92 Å². The first-order chi connectivity index (χ1) is 10.4. The van der Waals surface area contributed by atoms with E-state index in [1.807, 2.05) is 17.4 Å². The molecule has 0 aliphatic heterocycles. The van der Waals surface area contributed by atoms with Gasteiger partial charge in [0.15, 0.2) is 0 Å². The molecule has 0 spiro atoms. The molecule has 118 valence electrons. The Balaban J connectivity index is 1.87. The minimum Gasteiger partial charge on any atom is -0.508 e. The number of quaternary nitrogens is 1. The number of phenols is 3. The lowest BCUT2D eigenvalue weighted by molar-refractivity contribution is -0.692. The van der Waals surface area contributed by atoms with Crippen molar-refractivity contribution in [3.8, 4) is 17.2 Å². The predicted molar refractivity (Wildman–Crippen MR) is 82.8 cm³/mol. The Kier molecular flexibility index (Phi) is 5.25. The molecule has 5 nitrogen and oxygen atoms in total. The third kappa shape index (κ3) is 4.65. The highest BCUT2D eigenvalue weighted by Crippen LogP contribution is 2.24. The molecule has 0 radical (unpaired) electrons. The lowest BCUT2D eigenvalue weighted by Crippen LogP contribution is -2.90. The fourth-order valence-electron chi connectivity index (χ4n) is 2.39. The van der Waals surface area contributed by atoms with E-state index < -0.39 is 6.10 Å². The smallest absolute Gasteiger partial charge is 0.128 e. The zero-order valence-corrected chi connectivity index (χ0v) is 12.5. The van der Waals surface area contributed by atoms with Gasteiger partial charge in [0.05, 0.1) is 6.04 Å². The van der Waals surface area contributed by atoms with Gasteiger partial charge in [-0.1, -0.05) is 12.1 Å². The molecule has 0 bridgehead atoms. The van der Waals surface area contributed by atoms with Crippen molar-refractivity contribution in [2.75, 3.05) is 6.54 Å². The molecule has 22 heavy (non-hydrogen) atoms. The van der Waals surface area contributed by atoms with Crippen LogP contribution in [0, 0.1) is 0 Å². The molecular formula is C17H22NO4+. The number of hydrogen-bond acceptors (Lipinski definition) is 4. The standard InChI is InChI=1S/C17H21NO4/c1-11(6-12-2-4-14(19)5-3-12)18-10-17(22)13-7-15(20)9-16(21)8-13/h2-5,7-9,11,17-22H,6,10H2,1H3/p+1/t11-,17+/m0/s1. The summed E-state index contributed by atoms with van der Waals surface area (Å²) in [5.41, 5.74) is 1.61. The van der Waals surface area contributed by atoms with Crippen LogP contribution in [-0.4, -0.2) is 33.0 Å². The molecule has 5 heteroatoms. The van der Waals surface area contributed by atoms with Gasteiger partial charge in [0.2, 0.25) is 0 Å². The number of phenolic OH excluding ortho intramolecular Hbond substituents is 3. The van der Waals surface area contributed by atoms with Gasteiger partial charge in [0.1, 0.15) is 29.9 Å². The van der Waals surface area contributed by atoms with Crippen molar-refractivity contribution in [2.45, 2.75) is 25.5 Å². The van der Waals surface area contributed by atoms with Crippen LogP contribution in [-0.2, 0) is 6.42 Å². The van der Waals surface area contributed by atoms with Gasteiger partial charge >= 0.3 is 0 Å². The van der Waals surface area contributed by atoms with E-state index in [1.54, 1.807) is 12.1 Å². The average Bonchev–Trinajstić information content (AvgIpc) is 2.46. The molecule has 2 atom stereocenters. The zero-order chi connectivity index (χ0) is 16.1. The molecule has 0 aliphatic carbocycles. The maximum atomic E-state index is 10.1. The van der Waals surface area contributed by atoms with Crippen LogP contribution in [0.25, 0.3) is 0 Å². The Morgan fingerprint density at radius 3 is 2.09 bits per heavy atom. The summed E-state index contributed by atoms with van der Waals surface area (Å²) in [5.74, 6) is 0.122. The SMILES string of the molecule is C[C@@H](Cc1ccc(O)cc1)[NH2+]C[C@@H](O)c1cc(O)cc(O)c1. The monoisotopic (exact) mass is 304 g/mol. The maximum absolute atomic E-state index is 10.1. The summed E-state index contributed by atoms with van der Waals surface area (Å²) < 4.78 is 0. The second kappa shape index (κ2) is 7.15. The lowest BCUT2D eigenvalue weighted by atomic mass is 10.1. The van der Waals surface area contributed by atoms with Gasteiger partial charge in [0, 0.05) is 12.5 Å². The van der Waals surface area contributed by atoms with E-state index in [0.29, 0.717) is 12.1 Å². The van der Waals surface area contributed by atoms with Crippen molar-refractivity contribution in [3.05, 3.63) is 53.6 Å². The van der Waals surface area contributed by atoms with Crippen LogP contribution in [0.1, 0.15) is 24.2 Å². The van der Waals surface area contributed by atoms with Crippen LogP contribution in [0.15, 0.2) is 42.5 Å². The predicted octanol–water partition coefficient (Wildman–Crippen LogP) is 1.03. The van der Waals surface area contributed by atoms with Gasteiger partial charge in [-0.3, -0.25) is 0 Å². The van der Waals surface area contributed by atoms with Crippen LogP contribution in [0.3, 0.4) is 0 Å². The highest BCUT2D eigenvalue weighted by molar-refractivity contribution is 5.37. The topological polar surface area (TPSA) is 97.5 Å². The molecule has 0 saturated carbocycles. The molecule has 0 saturated heterocycles. The van der Waals surface area contributed by atoms with Crippen molar-refractivity contribution < 1.29 is 25.7 Å². The molecule has 0 heterocycles. The number of nitrogens with two attached hydrogens (primary N) is 1. The minimum absolute atomic E-state index is 0.0637. The molecule has 0 unspecified atom stereocenters. The molecule has 0 aliphatic rings. The molecule has 2 rings (SSSR count). The van der Waals surface area contributed by atoms with Crippen molar-refractivity contribution >= 4 is 0 Å². The fourth-order valence-corrected chi connectivity index (χ4v) is 2.39. The first kappa shape index (κ1) is 16.1. The summed E-state index contributed by atoms with van der Waals surface area (Å²) in [6.07, 6.45) is 0.0541. The van der Waals surface area contributed by atoms with E-state index in [0.717, 1.165) is 12.0 Å². The molecule has 0 amide bonds. The first-order valence-electron chi connectivity index (χ1n) is 7.26. The lowest BCUT2D eigenvalue weighted by Gasteiger charge is -2.15. The Bertz CT molecular complexity index is 592. The second-order valence-corrected chi connectivity index (χ2v) is 5.62. The summed E-state index contributed by atoms with van der Waals surface area (Å²) in [6.45, 7) is 2.49. The highest BCUT2D eigenvalue weighted by atomic mass is 16.3. The Morgan fingerprint density at radius 2 is 1.50 bits per heavy atom. The Morgan fingerprint density at radius 1 is 0.909 bits per heavy atom. The number of benzene rings is 2. The van der Waals surface area contributed by atoms with Gasteiger partial charge in [-0.15, -0.1) is 0 Å². The van der Waals surface area contributed by atoms with E-state index in [9.17, 15) is 20.4 Å². The quantitative estimate of drug-likeness (QED) is 0.550. The maximum Gasteiger partial charge on any atom is 0.128 e. The Labute approximate surface area is 129 Å². The summed E-state index contributed by atoms with van der Waals surface area (Å²) in [5, 5.41) is 40.3. The number of rotatable bonds is 6. The van der Waals surface area contributed by atoms with E-state index >= 15 is 0 Å². The van der Waals surface area contributed by atoms with Crippen molar-refractivity contribution in [1.82, 2.24) is 0 Å². The number of aliphatic hydroxyl groups excluding tert-OH is 1. The molecule has 2 aromatic rings. The van der Waals surface area contributed by atoms with E-state index in [1.165, 1.54) is 18.2 Å². The van der Waals surface area contributed by atoms with Gasteiger partial charge in [0.25, 0.3) is 0 Å². The van der Waals surface area contributed by atoms with Crippen LogP contribution < -0.4 is 5.32 Å². The third-order valence-corrected chi connectivity index (χ3v) is 3.57. The van der Waals surface area contributed by atoms with Crippen LogP contribution in [0.5, 0.6) is 17.2 Å². The van der Waals surface area contributed by atoms with Gasteiger partial charge in [-0.05, 0) is 42.3 Å². The van der Waals surface area contributed by atoms with Gasteiger partial charge in [-0.25, -0.2) is 0 Å². The van der Waals surface area contributed by atoms with E-state index in [4.69, 9.17) is 0 Å². The highest BCUT2D eigenvalue weighted by Gasteiger charge is 2.14.